The van der Waals surface area contributed by atoms with Gasteiger partial charge in [-0.05, 0) is 60.3 Å². The third kappa shape index (κ3) is 4.81. The number of alkyl halides is 1. The second-order valence-corrected chi connectivity index (χ2v) is 11.6. The highest BCUT2D eigenvalue weighted by atomic mass is 32.2. The number of halogens is 2. The fourth-order valence-electron chi connectivity index (χ4n) is 5.09. The quantitative estimate of drug-likeness (QED) is 0.661. The molecule has 0 spiro atoms. The first-order valence-electron chi connectivity index (χ1n) is 11.0. The number of sulfonamides is 1. The van der Waals surface area contributed by atoms with Crippen molar-refractivity contribution in [2.45, 2.75) is 70.0 Å². The molecule has 6 nitrogen and oxygen atoms in total. The van der Waals surface area contributed by atoms with E-state index in [1.165, 1.54) is 17.0 Å². The molecule has 9 heteroatoms. The van der Waals surface area contributed by atoms with Crippen LogP contribution in [-0.4, -0.2) is 44.5 Å². The van der Waals surface area contributed by atoms with Crippen LogP contribution in [0.15, 0.2) is 29.2 Å². The van der Waals surface area contributed by atoms with Crippen LogP contribution in [0.1, 0.15) is 52.9 Å². The van der Waals surface area contributed by atoms with E-state index in [1.54, 1.807) is 0 Å². The lowest BCUT2D eigenvalue weighted by Crippen LogP contribution is -2.41. The molecule has 0 bridgehead atoms. The van der Waals surface area contributed by atoms with Crippen LogP contribution in [0.25, 0.3) is 0 Å². The van der Waals surface area contributed by atoms with Gasteiger partial charge in [-0.15, -0.1) is 0 Å². The van der Waals surface area contributed by atoms with E-state index < -0.39 is 28.1 Å². The van der Waals surface area contributed by atoms with Crippen LogP contribution in [0.3, 0.4) is 0 Å². The van der Waals surface area contributed by atoms with E-state index in [2.05, 4.69) is 25.5 Å². The van der Waals surface area contributed by atoms with Crippen LogP contribution in [0.5, 0.6) is 0 Å². The number of hydrogen-bond donors (Lipinski definition) is 1. The Morgan fingerprint density at radius 1 is 1.28 bits per heavy atom. The van der Waals surface area contributed by atoms with Gasteiger partial charge in [-0.1, -0.05) is 20.8 Å². The number of nitriles is 1. The lowest BCUT2D eigenvalue weighted by atomic mass is 9.63. The summed E-state index contributed by atoms with van der Waals surface area (Å²) in [6.07, 6.45) is 1.39. The maximum atomic E-state index is 13.7. The van der Waals surface area contributed by atoms with Crippen molar-refractivity contribution in [2.24, 2.45) is 16.7 Å². The number of hydrogen-bond acceptors (Lipinski definition) is 4. The number of nitrogens with zero attached hydrogens (tertiary/aromatic N) is 2. The SMILES string of the molecule is CC1(C)[C@H](CNS(=O)(=O)c2ccc(F)cc2)CC[C@]1(C)CCC(=O)N1C[C@@H](F)C[C@H]1C#N. The summed E-state index contributed by atoms with van der Waals surface area (Å²) in [6, 6.07) is 6.02. The Kier molecular flexibility index (Phi) is 6.97. The van der Waals surface area contributed by atoms with E-state index in [1.807, 2.05) is 6.07 Å². The molecule has 1 aromatic carbocycles. The molecule has 1 aliphatic heterocycles. The standard InChI is InChI=1S/C23H31F2N3O3S/c1-22(2)16(14-27-32(30,31)20-6-4-17(24)5-7-20)8-10-23(22,3)11-9-21(29)28-15-18(25)12-19(28)13-26/h4-7,16,18-19,27H,8-12,14-15H2,1-3H3/t16-,18-,19-,23+/m0/s1. The summed E-state index contributed by atoms with van der Waals surface area (Å²) in [7, 11) is -3.75. The van der Waals surface area contributed by atoms with Crippen LogP contribution in [0.4, 0.5) is 8.78 Å². The van der Waals surface area contributed by atoms with Gasteiger partial charge in [0.25, 0.3) is 0 Å². The Morgan fingerprint density at radius 3 is 2.56 bits per heavy atom. The molecular weight excluding hydrogens is 436 g/mol. The molecule has 1 aliphatic carbocycles. The first-order chi connectivity index (χ1) is 14.9. The lowest BCUT2D eigenvalue weighted by Gasteiger charge is -2.42. The summed E-state index contributed by atoms with van der Waals surface area (Å²) in [4.78, 5) is 14.1. The maximum Gasteiger partial charge on any atom is 0.240 e. The second kappa shape index (κ2) is 9.06. The summed E-state index contributed by atoms with van der Waals surface area (Å²) in [6.45, 7) is 6.52. The van der Waals surface area contributed by atoms with E-state index in [0.717, 1.165) is 25.0 Å². The van der Waals surface area contributed by atoms with E-state index in [-0.39, 0.29) is 53.5 Å². The number of likely N-dealkylation sites (tertiary alicyclic amines) is 1. The predicted octanol–water partition coefficient (Wildman–Crippen LogP) is 3.79. The number of benzene rings is 1. The number of rotatable bonds is 7. The third-order valence-corrected chi connectivity index (χ3v) is 9.31. The number of carbonyl (C=O) groups excluding carboxylic acids is 1. The van der Waals surface area contributed by atoms with Crippen LogP contribution in [0, 0.1) is 33.9 Å². The highest BCUT2D eigenvalue weighted by molar-refractivity contribution is 7.89. The Bertz CT molecular complexity index is 991. The molecule has 3 rings (SSSR count). The van der Waals surface area contributed by atoms with Crippen molar-refractivity contribution in [1.29, 1.82) is 5.26 Å². The molecule has 1 saturated heterocycles. The van der Waals surface area contributed by atoms with Gasteiger partial charge in [0.05, 0.1) is 17.5 Å². The topological polar surface area (TPSA) is 90.3 Å². The van der Waals surface area contributed by atoms with E-state index in [0.29, 0.717) is 6.42 Å². The van der Waals surface area contributed by atoms with Gasteiger partial charge in [-0.3, -0.25) is 4.79 Å². The summed E-state index contributed by atoms with van der Waals surface area (Å²) >= 11 is 0. The van der Waals surface area contributed by atoms with Crippen LogP contribution >= 0.6 is 0 Å². The number of carbonyl (C=O) groups is 1. The lowest BCUT2D eigenvalue weighted by molar-refractivity contribution is -0.132. The second-order valence-electron chi connectivity index (χ2n) is 9.85. The predicted molar refractivity (Wildman–Crippen MR) is 116 cm³/mol. The van der Waals surface area contributed by atoms with Crippen molar-refractivity contribution in [3.63, 3.8) is 0 Å². The van der Waals surface area contributed by atoms with Crippen molar-refractivity contribution in [3.05, 3.63) is 30.1 Å². The van der Waals surface area contributed by atoms with Crippen LogP contribution in [-0.2, 0) is 14.8 Å². The summed E-state index contributed by atoms with van der Waals surface area (Å²) in [5, 5.41) is 9.19. The smallest absolute Gasteiger partial charge is 0.240 e. The first kappa shape index (κ1) is 24.6. The summed E-state index contributed by atoms with van der Waals surface area (Å²) < 4.78 is 54.6. The average molecular weight is 468 g/mol. The molecule has 4 atom stereocenters. The molecule has 0 unspecified atom stereocenters. The van der Waals surface area contributed by atoms with Crippen molar-refractivity contribution >= 4 is 15.9 Å². The van der Waals surface area contributed by atoms with Gasteiger partial charge in [0, 0.05) is 19.4 Å². The summed E-state index contributed by atoms with van der Waals surface area (Å²) in [5.41, 5.74) is -0.452. The molecule has 1 heterocycles. The highest BCUT2D eigenvalue weighted by Crippen LogP contribution is 2.58. The Labute approximate surface area is 189 Å². The molecule has 2 aliphatic rings. The zero-order valence-corrected chi connectivity index (χ0v) is 19.6. The maximum absolute atomic E-state index is 13.7. The molecule has 0 radical (unpaired) electrons. The molecule has 0 aromatic heterocycles. The minimum atomic E-state index is -3.75. The van der Waals surface area contributed by atoms with E-state index >= 15 is 0 Å². The minimum Gasteiger partial charge on any atom is -0.324 e. The zero-order chi connectivity index (χ0) is 23.7. The number of amides is 1. The van der Waals surface area contributed by atoms with E-state index in [9.17, 15) is 27.3 Å². The highest BCUT2D eigenvalue weighted by Gasteiger charge is 2.51. The molecule has 1 N–H and O–H groups in total. The monoisotopic (exact) mass is 467 g/mol. The molecular formula is C23H31F2N3O3S. The largest absolute Gasteiger partial charge is 0.324 e. The van der Waals surface area contributed by atoms with Gasteiger partial charge in [0.2, 0.25) is 15.9 Å². The van der Waals surface area contributed by atoms with Crippen molar-refractivity contribution in [3.8, 4) is 6.07 Å². The van der Waals surface area contributed by atoms with Gasteiger partial charge in [-0.25, -0.2) is 21.9 Å². The fraction of sp³-hybridized carbons (Fsp3) is 0.652. The third-order valence-electron chi connectivity index (χ3n) is 7.87. The van der Waals surface area contributed by atoms with E-state index in [4.69, 9.17) is 0 Å². The van der Waals surface area contributed by atoms with Crippen LogP contribution < -0.4 is 4.72 Å². The average Bonchev–Trinajstić information content (AvgIpc) is 3.22. The minimum absolute atomic E-state index is 0.0203. The van der Waals surface area contributed by atoms with Gasteiger partial charge >= 0.3 is 0 Å². The Balaban J connectivity index is 1.61. The van der Waals surface area contributed by atoms with Crippen molar-refractivity contribution in [1.82, 2.24) is 9.62 Å². The molecule has 2 fully saturated rings. The molecule has 1 saturated carbocycles. The van der Waals surface area contributed by atoms with Gasteiger partial charge in [0.15, 0.2) is 0 Å². The van der Waals surface area contributed by atoms with Crippen molar-refractivity contribution < 1.29 is 22.0 Å². The van der Waals surface area contributed by atoms with Gasteiger partial charge < -0.3 is 4.90 Å². The summed E-state index contributed by atoms with van der Waals surface area (Å²) in [5.74, 6) is -0.635. The van der Waals surface area contributed by atoms with Gasteiger partial charge in [0.1, 0.15) is 18.0 Å². The zero-order valence-electron chi connectivity index (χ0n) is 18.8. The van der Waals surface area contributed by atoms with Crippen molar-refractivity contribution in [2.75, 3.05) is 13.1 Å². The number of nitrogens with one attached hydrogen (secondary N) is 1. The molecule has 1 aromatic rings. The van der Waals surface area contributed by atoms with Crippen LogP contribution in [0.2, 0.25) is 0 Å². The first-order valence-corrected chi connectivity index (χ1v) is 12.5. The Hall–Kier alpha value is -2.05. The Morgan fingerprint density at radius 2 is 1.94 bits per heavy atom. The molecule has 32 heavy (non-hydrogen) atoms. The fourth-order valence-corrected chi connectivity index (χ4v) is 6.17. The molecule has 1 amide bonds. The normalized spacial score (nSPS) is 29.8. The molecule has 176 valence electrons. The van der Waals surface area contributed by atoms with Gasteiger partial charge in [-0.2, -0.15) is 5.26 Å².